The summed E-state index contributed by atoms with van der Waals surface area (Å²) in [6, 6.07) is 4.64. The molecule has 3 aromatic rings. The molecule has 3 N–H and O–H groups in total. The van der Waals surface area contributed by atoms with Crippen molar-refractivity contribution >= 4 is 17.5 Å². The molecule has 6 heterocycles. The van der Waals surface area contributed by atoms with Gasteiger partial charge >= 0.3 is 0 Å². The van der Waals surface area contributed by atoms with Crippen LogP contribution in [-0.2, 0) is 19.3 Å². The van der Waals surface area contributed by atoms with Crippen molar-refractivity contribution in [3.8, 4) is 0 Å². The average molecular weight is 401 g/mol. The Morgan fingerprint density at radius 3 is 3.00 bits per heavy atom. The van der Waals surface area contributed by atoms with E-state index in [4.69, 9.17) is 9.97 Å². The predicted molar refractivity (Wildman–Crippen MR) is 113 cm³/mol. The van der Waals surface area contributed by atoms with Gasteiger partial charge in [-0.15, -0.1) is 0 Å². The summed E-state index contributed by atoms with van der Waals surface area (Å²) in [5.41, 5.74) is 4.60. The van der Waals surface area contributed by atoms with Gasteiger partial charge < -0.3 is 16.0 Å². The number of aromatic nitrogens is 5. The van der Waals surface area contributed by atoms with E-state index in [2.05, 4.69) is 42.7 Å². The summed E-state index contributed by atoms with van der Waals surface area (Å²) in [5, 5.41) is 10.4. The summed E-state index contributed by atoms with van der Waals surface area (Å²) in [5.74, 6) is 2.91. The van der Waals surface area contributed by atoms with Crippen LogP contribution in [0.3, 0.4) is 0 Å². The van der Waals surface area contributed by atoms with Crippen molar-refractivity contribution in [1.82, 2.24) is 19.9 Å². The highest BCUT2D eigenvalue weighted by Gasteiger charge is 2.29. The van der Waals surface area contributed by atoms with Gasteiger partial charge in [-0.1, -0.05) is 6.07 Å². The number of rotatable bonds is 2. The van der Waals surface area contributed by atoms with E-state index in [1.165, 1.54) is 11.1 Å². The Balaban J connectivity index is 1.21. The number of fused-ring (bicyclic) bond motifs is 3. The first kappa shape index (κ1) is 17.6. The molecule has 0 aromatic carbocycles. The Kier molecular flexibility index (Phi) is 4.21. The summed E-state index contributed by atoms with van der Waals surface area (Å²) in [6.07, 6.45) is 13.0. The minimum absolute atomic E-state index is 0.150. The topological polar surface area (TPSA) is 91.5 Å². The first-order chi connectivity index (χ1) is 14.8. The van der Waals surface area contributed by atoms with Gasteiger partial charge in [0.05, 0.1) is 41.9 Å². The largest absolute Gasteiger partial charge is 0.369 e. The highest BCUT2D eigenvalue weighted by molar-refractivity contribution is 5.48. The molecule has 8 heteroatoms. The van der Waals surface area contributed by atoms with E-state index in [0.717, 1.165) is 74.0 Å². The lowest BCUT2D eigenvalue weighted by molar-refractivity contribution is -0.723. The summed E-state index contributed by atoms with van der Waals surface area (Å²) in [6.45, 7) is 1.84. The van der Waals surface area contributed by atoms with Crippen LogP contribution in [-0.4, -0.2) is 33.0 Å². The molecule has 0 aliphatic carbocycles. The van der Waals surface area contributed by atoms with Gasteiger partial charge in [0.1, 0.15) is 17.7 Å². The van der Waals surface area contributed by atoms with Crippen LogP contribution in [0.25, 0.3) is 0 Å². The van der Waals surface area contributed by atoms with Crippen molar-refractivity contribution in [2.24, 2.45) is 0 Å². The molecular formula is C22H25N8+. The van der Waals surface area contributed by atoms with Crippen LogP contribution in [0.1, 0.15) is 47.4 Å². The number of nitrogens with zero attached hydrogens (tertiary/aromatic N) is 5. The smallest absolute Gasteiger partial charge is 0.289 e. The van der Waals surface area contributed by atoms with Crippen LogP contribution < -0.4 is 20.5 Å². The molecule has 0 saturated carbocycles. The zero-order valence-electron chi connectivity index (χ0n) is 16.8. The van der Waals surface area contributed by atoms with E-state index in [9.17, 15) is 0 Å². The Hall–Kier alpha value is -3.29. The van der Waals surface area contributed by atoms with Gasteiger partial charge in [-0.25, -0.2) is 14.5 Å². The number of aryl methyl sites for hydroxylation is 2. The molecule has 0 spiro atoms. The molecule has 0 bridgehead atoms. The van der Waals surface area contributed by atoms with Gasteiger partial charge in [-0.2, -0.15) is 0 Å². The van der Waals surface area contributed by atoms with Crippen molar-refractivity contribution in [3.63, 3.8) is 0 Å². The molecule has 30 heavy (non-hydrogen) atoms. The van der Waals surface area contributed by atoms with E-state index in [-0.39, 0.29) is 6.04 Å². The number of pyridine rings is 1. The maximum atomic E-state index is 4.84. The van der Waals surface area contributed by atoms with Gasteiger partial charge in [-0.3, -0.25) is 4.98 Å². The molecule has 2 atom stereocenters. The third-order valence-corrected chi connectivity index (χ3v) is 6.32. The van der Waals surface area contributed by atoms with Crippen LogP contribution in [0.2, 0.25) is 0 Å². The number of hydrogen-bond donors (Lipinski definition) is 3. The van der Waals surface area contributed by atoms with Crippen LogP contribution in [0, 0.1) is 0 Å². The normalized spacial score (nSPS) is 21.9. The van der Waals surface area contributed by atoms with Crippen molar-refractivity contribution < 1.29 is 4.57 Å². The number of anilines is 3. The van der Waals surface area contributed by atoms with Gasteiger partial charge in [0.2, 0.25) is 5.82 Å². The van der Waals surface area contributed by atoms with Gasteiger partial charge in [0, 0.05) is 19.2 Å². The van der Waals surface area contributed by atoms with Crippen LogP contribution in [0.15, 0.2) is 37.1 Å². The quantitative estimate of drug-likeness (QED) is 0.567. The molecule has 3 aromatic heterocycles. The number of nitrogens with one attached hydrogen (secondary N) is 3. The molecule has 8 nitrogen and oxygen atoms in total. The van der Waals surface area contributed by atoms with Gasteiger partial charge in [-0.05, 0) is 42.3 Å². The molecular weight excluding hydrogens is 376 g/mol. The van der Waals surface area contributed by atoms with Crippen LogP contribution in [0.5, 0.6) is 0 Å². The lowest BCUT2D eigenvalue weighted by Crippen LogP contribution is -2.47. The van der Waals surface area contributed by atoms with E-state index in [1.54, 1.807) is 0 Å². The Morgan fingerprint density at radius 2 is 2.00 bits per heavy atom. The second kappa shape index (κ2) is 7.19. The molecule has 0 fully saturated rings. The fourth-order valence-electron chi connectivity index (χ4n) is 4.65. The molecule has 2 unspecified atom stereocenters. The molecule has 0 amide bonds. The highest BCUT2D eigenvalue weighted by atomic mass is 15.1. The molecule has 0 saturated heterocycles. The fraction of sp³-hybridized carbons (Fsp3) is 0.409. The standard InChI is InChI=1S/C22H24N8/c1-3-14-9-16(10-26-20(14)23-7-1)30-12-15-5-6-17(28-21(15)27-13-30)19-11-25-18-4-2-8-24-22(18)29-19/h1,3,7,11-13,16-17H,2,4-6,8-10H2,(H2,23,24,26,29)/p+1. The Morgan fingerprint density at radius 1 is 1.00 bits per heavy atom. The SMILES string of the molecule is c1cnc2c(c1)CC([n+]1cnc3c(c1)CCC(c1cnc4c(n1)NCCC4)N3)CN2. The Labute approximate surface area is 175 Å². The lowest BCUT2D eigenvalue weighted by atomic mass is 9.99. The first-order valence-electron chi connectivity index (χ1n) is 10.8. The van der Waals surface area contributed by atoms with Crippen molar-refractivity contribution in [3.05, 3.63) is 59.6 Å². The second-order valence-electron chi connectivity index (χ2n) is 8.30. The third kappa shape index (κ3) is 3.12. The molecule has 0 radical (unpaired) electrons. The molecule has 6 rings (SSSR count). The van der Waals surface area contributed by atoms with E-state index < -0.39 is 0 Å². The maximum absolute atomic E-state index is 4.84. The molecule has 3 aliphatic rings. The van der Waals surface area contributed by atoms with Crippen molar-refractivity contribution in [2.75, 3.05) is 29.0 Å². The van der Waals surface area contributed by atoms with Crippen LogP contribution >= 0.6 is 0 Å². The second-order valence-corrected chi connectivity index (χ2v) is 8.30. The minimum atomic E-state index is 0.150. The molecule has 3 aliphatic heterocycles. The van der Waals surface area contributed by atoms with E-state index in [1.807, 2.05) is 24.8 Å². The monoisotopic (exact) mass is 401 g/mol. The van der Waals surface area contributed by atoms with Crippen molar-refractivity contribution in [2.45, 2.75) is 44.2 Å². The number of hydrogen-bond acceptors (Lipinski definition) is 7. The van der Waals surface area contributed by atoms with Gasteiger partial charge in [0.15, 0.2) is 0 Å². The van der Waals surface area contributed by atoms with Gasteiger partial charge in [0.25, 0.3) is 6.33 Å². The lowest BCUT2D eigenvalue weighted by Gasteiger charge is -2.26. The van der Waals surface area contributed by atoms with E-state index >= 15 is 0 Å². The summed E-state index contributed by atoms with van der Waals surface area (Å²) in [4.78, 5) is 18.7. The minimum Gasteiger partial charge on any atom is -0.369 e. The average Bonchev–Trinajstić information content (AvgIpc) is 2.83. The van der Waals surface area contributed by atoms with Crippen LogP contribution in [0.4, 0.5) is 17.5 Å². The third-order valence-electron chi connectivity index (χ3n) is 6.32. The summed E-state index contributed by atoms with van der Waals surface area (Å²) < 4.78 is 2.24. The highest BCUT2D eigenvalue weighted by Crippen LogP contribution is 2.31. The zero-order chi connectivity index (χ0) is 19.9. The predicted octanol–water partition coefficient (Wildman–Crippen LogP) is 2.22. The summed E-state index contributed by atoms with van der Waals surface area (Å²) in [7, 11) is 0. The zero-order valence-corrected chi connectivity index (χ0v) is 16.8. The summed E-state index contributed by atoms with van der Waals surface area (Å²) >= 11 is 0. The van der Waals surface area contributed by atoms with E-state index in [0.29, 0.717) is 6.04 Å². The molecule has 152 valence electrons. The Bertz CT molecular complexity index is 1100. The maximum Gasteiger partial charge on any atom is 0.289 e. The first-order valence-corrected chi connectivity index (χ1v) is 10.8. The van der Waals surface area contributed by atoms with Crippen molar-refractivity contribution in [1.29, 1.82) is 0 Å². The fourth-order valence-corrected chi connectivity index (χ4v) is 4.65.